The summed E-state index contributed by atoms with van der Waals surface area (Å²) in [5.41, 5.74) is 8.61. The average Bonchev–Trinajstić information content (AvgIpc) is 3.84. The van der Waals surface area contributed by atoms with Gasteiger partial charge < -0.3 is 20.7 Å². The van der Waals surface area contributed by atoms with Gasteiger partial charge in [-0.3, -0.25) is 10.1 Å². The Labute approximate surface area is 248 Å². The largest absolute Gasteiger partial charge is 0.449 e. The van der Waals surface area contributed by atoms with Gasteiger partial charge in [0, 0.05) is 42.2 Å². The monoisotopic (exact) mass is 603 g/mol. The molecule has 1 aliphatic heterocycles. The third kappa shape index (κ3) is 5.82. The fourth-order valence-electron chi connectivity index (χ4n) is 5.29. The van der Waals surface area contributed by atoms with Crippen molar-refractivity contribution >= 4 is 49.8 Å². The van der Waals surface area contributed by atoms with Gasteiger partial charge in [0.2, 0.25) is 5.91 Å². The summed E-state index contributed by atoms with van der Waals surface area (Å²) in [7, 11) is -2.02. The molecule has 1 atom stereocenters. The second-order valence-corrected chi connectivity index (χ2v) is 13.0. The van der Waals surface area contributed by atoms with Crippen LogP contribution in [0.3, 0.4) is 0 Å². The topological polar surface area (TPSA) is 144 Å². The minimum atomic E-state index is -3.61. The van der Waals surface area contributed by atoms with Gasteiger partial charge in [0.1, 0.15) is 17.7 Å². The van der Waals surface area contributed by atoms with Crippen molar-refractivity contribution in [3.05, 3.63) is 89.4 Å². The van der Waals surface area contributed by atoms with Gasteiger partial charge in [0.05, 0.1) is 22.9 Å². The lowest BCUT2D eigenvalue weighted by atomic mass is 10.0. The van der Waals surface area contributed by atoms with Crippen molar-refractivity contribution in [2.24, 2.45) is 0 Å². The van der Waals surface area contributed by atoms with E-state index in [0.29, 0.717) is 47.2 Å². The smallest absolute Gasteiger partial charge is 0.411 e. The first-order valence-corrected chi connectivity index (χ1v) is 15.4. The first-order valence-electron chi connectivity index (χ1n) is 13.8. The molecule has 222 valence electrons. The van der Waals surface area contributed by atoms with Crippen molar-refractivity contribution in [3.63, 3.8) is 0 Å². The van der Waals surface area contributed by atoms with Crippen molar-refractivity contribution in [1.29, 1.82) is 0 Å². The van der Waals surface area contributed by atoms with Crippen LogP contribution in [-0.2, 0) is 32.3 Å². The van der Waals surface area contributed by atoms with E-state index in [9.17, 15) is 22.4 Å². The first-order chi connectivity index (χ1) is 20.6. The minimum Gasteiger partial charge on any atom is -0.449 e. The fourth-order valence-corrected chi connectivity index (χ4v) is 7.15. The number of carbonyl (C=O) groups is 2. The van der Waals surface area contributed by atoms with Gasteiger partial charge in [-0.05, 0) is 65.9 Å². The van der Waals surface area contributed by atoms with E-state index in [-0.39, 0.29) is 35.2 Å². The fraction of sp³-hybridized carbons (Fsp3) is 0.258. The van der Waals surface area contributed by atoms with Crippen LogP contribution in [0, 0.1) is 5.82 Å². The number of benzene rings is 3. The molecule has 43 heavy (non-hydrogen) atoms. The van der Waals surface area contributed by atoms with Crippen LogP contribution in [0.5, 0.6) is 0 Å². The molecule has 4 N–H and O–H groups in total. The van der Waals surface area contributed by atoms with Gasteiger partial charge >= 0.3 is 6.09 Å². The molecule has 0 spiro atoms. The number of amides is 2. The highest BCUT2D eigenvalue weighted by atomic mass is 32.2. The van der Waals surface area contributed by atoms with Gasteiger partial charge in [-0.2, -0.15) is 0 Å². The van der Waals surface area contributed by atoms with Crippen LogP contribution >= 0.6 is 0 Å². The number of sulfone groups is 1. The van der Waals surface area contributed by atoms with Crippen molar-refractivity contribution in [2.75, 3.05) is 30.0 Å². The normalized spacial score (nSPS) is 17.9. The summed E-state index contributed by atoms with van der Waals surface area (Å²) in [4.78, 5) is 32.1. The Balaban J connectivity index is 1.41. The van der Waals surface area contributed by atoms with Crippen LogP contribution in [0.1, 0.15) is 35.6 Å². The lowest BCUT2D eigenvalue weighted by Gasteiger charge is -2.27. The molecule has 3 aromatic carbocycles. The van der Waals surface area contributed by atoms with Crippen LogP contribution in [0.15, 0.2) is 71.8 Å². The predicted octanol–water partition coefficient (Wildman–Crippen LogP) is 4.81. The number of nitrogen functional groups attached to an aromatic ring is 1. The molecule has 0 radical (unpaired) electrons. The van der Waals surface area contributed by atoms with Gasteiger partial charge in [-0.25, -0.2) is 22.6 Å². The number of hydrogen-bond acceptors (Lipinski definition) is 8. The molecule has 12 heteroatoms. The Morgan fingerprint density at radius 2 is 1.88 bits per heavy atom. The molecule has 2 amide bonds. The number of nitrogens with two attached hydrogens (primary N) is 1. The Morgan fingerprint density at radius 3 is 2.67 bits per heavy atom. The minimum absolute atomic E-state index is 0.0445. The van der Waals surface area contributed by atoms with Gasteiger partial charge in [-0.15, -0.1) is 0 Å². The SMILES string of the molecule is CN1Cc2cc(ccc2S(=O)(=O)C2CC2)NC(=O)OCCc2cccc(c2)[C@@H](Nc2ccc3c(N)ncc(F)c3c2)C1=O. The number of fused-ring (bicyclic) bond motifs is 5. The molecular formula is C31H30FN5O5S. The van der Waals surface area contributed by atoms with E-state index in [1.165, 1.54) is 17.0 Å². The highest BCUT2D eigenvalue weighted by Crippen LogP contribution is 2.36. The molecule has 4 aromatic rings. The van der Waals surface area contributed by atoms with Crippen molar-refractivity contribution < 1.29 is 27.1 Å². The predicted molar refractivity (Wildman–Crippen MR) is 161 cm³/mol. The van der Waals surface area contributed by atoms with E-state index in [2.05, 4.69) is 15.6 Å². The number of nitrogens with one attached hydrogen (secondary N) is 2. The summed E-state index contributed by atoms with van der Waals surface area (Å²) < 4.78 is 46.6. The number of halogens is 1. The number of pyridine rings is 1. The number of carbonyl (C=O) groups excluding carboxylic acids is 2. The number of cyclic esters (lactones) is 1. The number of aromatic nitrogens is 1. The van der Waals surface area contributed by atoms with Crippen molar-refractivity contribution in [1.82, 2.24) is 9.88 Å². The lowest BCUT2D eigenvalue weighted by Crippen LogP contribution is -2.35. The van der Waals surface area contributed by atoms with Gasteiger partial charge in [-0.1, -0.05) is 24.3 Å². The molecule has 0 unspecified atom stereocenters. The third-order valence-corrected chi connectivity index (χ3v) is 10.1. The lowest BCUT2D eigenvalue weighted by molar-refractivity contribution is -0.131. The van der Waals surface area contributed by atoms with Crippen LogP contribution in [-0.4, -0.2) is 49.2 Å². The Kier molecular flexibility index (Phi) is 7.38. The second-order valence-electron chi connectivity index (χ2n) is 10.8. The Hall–Kier alpha value is -4.71. The standard InChI is InChI=1S/C31H30FN5O5S/c1-37-17-20-14-21(6-10-27(20)43(40,41)23-7-8-23)36-31(39)42-12-11-18-3-2-4-19(13-18)28(30(37)38)35-22-5-9-24-25(15-22)26(32)16-34-29(24)33/h2-6,9-10,13-16,23,28,35H,7-8,11-12,17H2,1H3,(H2,33,34)(H,36,39)/t28-/m1/s1. The Morgan fingerprint density at radius 1 is 1.07 bits per heavy atom. The number of hydrogen-bond donors (Lipinski definition) is 3. The summed E-state index contributed by atoms with van der Waals surface area (Å²) in [6.45, 7) is 0.0404. The van der Waals surface area contributed by atoms with E-state index in [4.69, 9.17) is 10.5 Å². The van der Waals surface area contributed by atoms with Crippen LogP contribution in [0.4, 0.5) is 26.4 Å². The zero-order chi connectivity index (χ0) is 30.3. The van der Waals surface area contributed by atoms with Crippen LogP contribution in [0.2, 0.25) is 0 Å². The molecule has 10 nitrogen and oxygen atoms in total. The zero-order valence-corrected chi connectivity index (χ0v) is 24.2. The number of rotatable bonds is 4. The third-order valence-electron chi connectivity index (χ3n) is 7.70. The Bertz CT molecular complexity index is 1860. The number of anilines is 3. The van der Waals surface area contributed by atoms with Crippen molar-refractivity contribution in [2.45, 2.75) is 42.0 Å². The highest BCUT2D eigenvalue weighted by Gasteiger charge is 2.38. The molecule has 1 saturated carbocycles. The van der Waals surface area contributed by atoms with E-state index >= 15 is 0 Å². The molecular weight excluding hydrogens is 573 g/mol. The molecule has 1 aliphatic carbocycles. The molecule has 2 aliphatic rings. The molecule has 0 saturated heterocycles. The summed E-state index contributed by atoms with van der Waals surface area (Å²) in [6, 6.07) is 15.9. The van der Waals surface area contributed by atoms with E-state index in [1.807, 2.05) is 12.1 Å². The molecule has 2 heterocycles. The highest BCUT2D eigenvalue weighted by molar-refractivity contribution is 7.92. The zero-order valence-electron chi connectivity index (χ0n) is 23.3. The molecule has 1 aromatic heterocycles. The van der Waals surface area contributed by atoms with Crippen LogP contribution in [0.25, 0.3) is 10.8 Å². The summed E-state index contributed by atoms with van der Waals surface area (Å²) >= 11 is 0. The van der Waals surface area contributed by atoms with Gasteiger partial charge in [0.15, 0.2) is 9.84 Å². The number of likely N-dealkylation sites (N-methyl/N-ethyl adjacent to an activating group) is 1. The summed E-state index contributed by atoms with van der Waals surface area (Å²) in [5, 5.41) is 6.15. The van der Waals surface area contributed by atoms with Gasteiger partial charge in [0.25, 0.3) is 0 Å². The summed E-state index contributed by atoms with van der Waals surface area (Å²) in [5.74, 6) is -0.704. The van der Waals surface area contributed by atoms with E-state index < -0.39 is 33.0 Å². The second kappa shape index (κ2) is 11.2. The summed E-state index contributed by atoms with van der Waals surface area (Å²) in [6.07, 6.45) is 1.95. The van der Waals surface area contributed by atoms with E-state index in [1.54, 1.807) is 43.4 Å². The quantitative estimate of drug-likeness (QED) is 0.302. The molecule has 1 fully saturated rings. The maximum absolute atomic E-state index is 14.7. The van der Waals surface area contributed by atoms with E-state index in [0.717, 1.165) is 11.8 Å². The van der Waals surface area contributed by atoms with Crippen LogP contribution < -0.4 is 16.4 Å². The maximum Gasteiger partial charge on any atom is 0.411 e. The average molecular weight is 604 g/mol. The number of ether oxygens (including phenoxy) is 1. The molecule has 6 rings (SSSR count). The van der Waals surface area contributed by atoms with Crippen molar-refractivity contribution in [3.8, 4) is 0 Å². The number of nitrogens with zero attached hydrogens (tertiary/aromatic N) is 2. The maximum atomic E-state index is 14.7. The molecule has 4 bridgehead atoms. The first kappa shape index (κ1) is 28.4.